The lowest BCUT2D eigenvalue weighted by molar-refractivity contribution is 0.114. The summed E-state index contributed by atoms with van der Waals surface area (Å²) in [6.07, 6.45) is 7.24. The van der Waals surface area contributed by atoms with Crippen LogP contribution in [0.4, 0.5) is 0 Å². The fraction of sp³-hybridized carbons (Fsp3) is 1.00. The van der Waals surface area contributed by atoms with Gasteiger partial charge in [0.15, 0.2) is 0 Å². The van der Waals surface area contributed by atoms with Crippen LogP contribution < -0.4 is 5.32 Å². The maximum absolute atomic E-state index is 3.59. The van der Waals surface area contributed by atoms with E-state index in [9.17, 15) is 0 Å². The number of rotatable bonds is 0. The van der Waals surface area contributed by atoms with Gasteiger partial charge in [-0.15, -0.1) is 0 Å². The first kappa shape index (κ1) is 6.66. The van der Waals surface area contributed by atoms with E-state index in [-0.39, 0.29) is 0 Å². The molecule has 1 saturated carbocycles. The van der Waals surface area contributed by atoms with E-state index < -0.39 is 0 Å². The van der Waals surface area contributed by atoms with Crippen LogP contribution >= 0.6 is 0 Å². The van der Waals surface area contributed by atoms with Gasteiger partial charge in [0, 0.05) is 5.54 Å². The Kier molecular flexibility index (Phi) is 1.48. The van der Waals surface area contributed by atoms with Gasteiger partial charge >= 0.3 is 0 Å². The topological polar surface area (TPSA) is 12.0 Å². The molecule has 58 valence electrons. The molecule has 2 atom stereocenters. The average Bonchev–Trinajstić information content (AvgIpc) is 1.85. The molecule has 1 heteroatoms. The summed E-state index contributed by atoms with van der Waals surface area (Å²) in [7, 11) is 0. The zero-order valence-electron chi connectivity index (χ0n) is 6.82. The lowest BCUT2D eigenvalue weighted by Gasteiger charge is -2.48. The highest BCUT2D eigenvalue weighted by atomic mass is 15.0. The molecule has 0 amide bonds. The first-order chi connectivity index (χ1) is 4.81. The van der Waals surface area contributed by atoms with Gasteiger partial charge in [0.25, 0.3) is 0 Å². The van der Waals surface area contributed by atoms with Crippen LogP contribution in [0.1, 0.15) is 39.0 Å². The first-order valence-corrected chi connectivity index (χ1v) is 4.56. The minimum Gasteiger partial charge on any atom is -0.311 e. The van der Waals surface area contributed by atoms with E-state index in [1.165, 1.54) is 38.6 Å². The van der Waals surface area contributed by atoms with E-state index in [1.807, 2.05) is 0 Å². The van der Waals surface area contributed by atoms with Gasteiger partial charge in [-0.05, 0) is 31.7 Å². The summed E-state index contributed by atoms with van der Waals surface area (Å²) < 4.78 is 0. The fourth-order valence-corrected chi connectivity index (χ4v) is 2.53. The van der Waals surface area contributed by atoms with Crippen LogP contribution in [-0.4, -0.2) is 12.1 Å². The van der Waals surface area contributed by atoms with Crippen molar-refractivity contribution in [2.45, 2.75) is 44.6 Å². The van der Waals surface area contributed by atoms with Crippen LogP contribution in [0.5, 0.6) is 0 Å². The quantitative estimate of drug-likeness (QED) is 0.540. The van der Waals surface area contributed by atoms with Crippen molar-refractivity contribution in [1.29, 1.82) is 0 Å². The fourth-order valence-electron chi connectivity index (χ4n) is 2.53. The highest BCUT2D eigenvalue weighted by Crippen LogP contribution is 2.38. The summed E-state index contributed by atoms with van der Waals surface area (Å²) in [5.41, 5.74) is 0.623. The summed E-state index contributed by atoms with van der Waals surface area (Å²) in [6, 6.07) is 0. The second-order valence-electron chi connectivity index (χ2n) is 4.16. The molecule has 2 fully saturated rings. The summed E-state index contributed by atoms with van der Waals surface area (Å²) >= 11 is 0. The van der Waals surface area contributed by atoms with Crippen LogP contribution in [0.2, 0.25) is 0 Å². The zero-order chi connectivity index (χ0) is 7.03. The van der Waals surface area contributed by atoms with Crippen molar-refractivity contribution in [2.75, 3.05) is 6.54 Å². The maximum atomic E-state index is 3.59. The van der Waals surface area contributed by atoms with Crippen LogP contribution in [0.25, 0.3) is 0 Å². The van der Waals surface area contributed by atoms with E-state index in [0.717, 1.165) is 5.92 Å². The molecule has 10 heavy (non-hydrogen) atoms. The SMILES string of the molecule is CC1CCCC2(CCN2)C1. The van der Waals surface area contributed by atoms with Crippen molar-refractivity contribution in [3.05, 3.63) is 0 Å². The molecule has 1 heterocycles. The molecule has 0 aromatic rings. The Morgan fingerprint density at radius 3 is 2.60 bits per heavy atom. The second kappa shape index (κ2) is 2.23. The second-order valence-corrected chi connectivity index (χ2v) is 4.16. The Labute approximate surface area is 63.2 Å². The summed E-state index contributed by atoms with van der Waals surface area (Å²) in [5, 5.41) is 3.59. The molecule has 0 aromatic carbocycles. The Morgan fingerprint density at radius 2 is 2.20 bits per heavy atom. The molecule has 1 saturated heterocycles. The normalized spacial score (nSPS) is 47.1. The Balaban J connectivity index is 1.96. The number of nitrogens with one attached hydrogen (secondary N) is 1. The predicted octanol–water partition coefficient (Wildman–Crippen LogP) is 1.93. The third kappa shape index (κ3) is 0.968. The van der Waals surface area contributed by atoms with Gasteiger partial charge in [0.05, 0.1) is 0 Å². The highest BCUT2D eigenvalue weighted by molar-refractivity contribution is 4.99. The van der Waals surface area contributed by atoms with Gasteiger partial charge in [-0.1, -0.05) is 19.8 Å². The Morgan fingerprint density at radius 1 is 1.40 bits per heavy atom. The minimum absolute atomic E-state index is 0.623. The van der Waals surface area contributed by atoms with Crippen LogP contribution in [0, 0.1) is 5.92 Å². The van der Waals surface area contributed by atoms with Crippen LogP contribution in [0.15, 0.2) is 0 Å². The standard InChI is InChI=1S/C9H17N/c1-8-3-2-4-9(7-8)5-6-10-9/h8,10H,2-7H2,1H3. The molecule has 0 radical (unpaired) electrons. The van der Waals surface area contributed by atoms with Crippen LogP contribution in [-0.2, 0) is 0 Å². The van der Waals surface area contributed by atoms with E-state index >= 15 is 0 Å². The van der Waals surface area contributed by atoms with Gasteiger partial charge in [-0.2, -0.15) is 0 Å². The lowest BCUT2D eigenvalue weighted by atomic mass is 9.71. The van der Waals surface area contributed by atoms with Crippen molar-refractivity contribution in [2.24, 2.45) is 5.92 Å². The van der Waals surface area contributed by atoms with E-state index in [4.69, 9.17) is 0 Å². The molecule has 1 nitrogen and oxygen atoms in total. The van der Waals surface area contributed by atoms with Gasteiger partial charge in [-0.3, -0.25) is 0 Å². The van der Waals surface area contributed by atoms with Crippen molar-refractivity contribution < 1.29 is 0 Å². The Hall–Kier alpha value is -0.0400. The van der Waals surface area contributed by atoms with Gasteiger partial charge < -0.3 is 5.32 Å². The molecule has 1 aliphatic heterocycles. The molecule has 1 spiro atoms. The molecule has 1 N–H and O–H groups in total. The number of hydrogen-bond acceptors (Lipinski definition) is 1. The molecule has 0 bridgehead atoms. The first-order valence-electron chi connectivity index (χ1n) is 4.56. The van der Waals surface area contributed by atoms with E-state index in [1.54, 1.807) is 0 Å². The largest absolute Gasteiger partial charge is 0.311 e. The molecular weight excluding hydrogens is 122 g/mol. The predicted molar refractivity (Wildman–Crippen MR) is 43.0 cm³/mol. The molecular formula is C9H17N. The molecule has 2 aliphatic rings. The molecule has 2 rings (SSSR count). The van der Waals surface area contributed by atoms with Crippen molar-refractivity contribution in [1.82, 2.24) is 5.32 Å². The molecule has 0 aromatic heterocycles. The van der Waals surface area contributed by atoms with Gasteiger partial charge in [0.1, 0.15) is 0 Å². The Bertz CT molecular complexity index is 127. The average molecular weight is 139 g/mol. The summed E-state index contributed by atoms with van der Waals surface area (Å²) in [6.45, 7) is 3.66. The molecule has 1 aliphatic carbocycles. The van der Waals surface area contributed by atoms with Crippen molar-refractivity contribution in [3.8, 4) is 0 Å². The van der Waals surface area contributed by atoms with Crippen molar-refractivity contribution >= 4 is 0 Å². The monoisotopic (exact) mass is 139 g/mol. The summed E-state index contributed by atoms with van der Waals surface area (Å²) in [5.74, 6) is 0.974. The van der Waals surface area contributed by atoms with Gasteiger partial charge in [-0.25, -0.2) is 0 Å². The molecule has 2 unspecified atom stereocenters. The van der Waals surface area contributed by atoms with E-state index in [2.05, 4.69) is 12.2 Å². The van der Waals surface area contributed by atoms with Crippen LogP contribution in [0.3, 0.4) is 0 Å². The minimum atomic E-state index is 0.623. The third-order valence-electron chi connectivity index (χ3n) is 3.20. The van der Waals surface area contributed by atoms with Gasteiger partial charge in [0.2, 0.25) is 0 Å². The zero-order valence-corrected chi connectivity index (χ0v) is 6.82. The summed E-state index contributed by atoms with van der Waals surface area (Å²) in [4.78, 5) is 0. The van der Waals surface area contributed by atoms with E-state index in [0.29, 0.717) is 5.54 Å². The maximum Gasteiger partial charge on any atom is 0.0196 e. The smallest absolute Gasteiger partial charge is 0.0196 e. The lowest BCUT2D eigenvalue weighted by Crippen LogP contribution is -2.58. The third-order valence-corrected chi connectivity index (χ3v) is 3.20. The number of hydrogen-bond donors (Lipinski definition) is 1. The van der Waals surface area contributed by atoms with Crippen molar-refractivity contribution in [3.63, 3.8) is 0 Å². The highest BCUT2D eigenvalue weighted by Gasteiger charge is 2.39.